The van der Waals surface area contributed by atoms with E-state index in [-0.39, 0.29) is 0 Å². The van der Waals surface area contributed by atoms with Gasteiger partial charge in [0.25, 0.3) is 0 Å². The van der Waals surface area contributed by atoms with E-state index in [0.717, 1.165) is 29.6 Å². The maximum Gasteiger partial charge on any atom is 0.0569 e. The number of nitrogens with two attached hydrogens (primary N) is 1. The topological polar surface area (TPSA) is 47.3 Å². The predicted molar refractivity (Wildman–Crippen MR) is 163 cm³/mol. The first-order chi connectivity index (χ1) is 17.7. The summed E-state index contributed by atoms with van der Waals surface area (Å²) in [7, 11) is 1.40. The van der Waals surface area contributed by atoms with E-state index in [0.29, 0.717) is 10.8 Å². The molecular weight excluding hydrogens is 472 g/mol. The molecule has 3 aliphatic carbocycles. The van der Waals surface area contributed by atoms with E-state index in [1.165, 1.54) is 94.7 Å². The molecule has 0 amide bonds. The fourth-order valence-corrected chi connectivity index (χ4v) is 9.02. The van der Waals surface area contributed by atoms with Gasteiger partial charge in [-0.25, -0.2) is 5.90 Å². The SMILES string of the molecule is CC.CC[C@@H](CC1CCCC2(C)C(CNSc3ccc(C)cc3)CCC12)C1CCCCC1(C)C.CON. The van der Waals surface area contributed by atoms with Crippen LogP contribution in [0, 0.1) is 47.3 Å². The van der Waals surface area contributed by atoms with Crippen LogP contribution in [-0.4, -0.2) is 13.7 Å². The second-order valence-electron chi connectivity index (χ2n) is 12.8. The van der Waals surface area contributed by atoms with Crippen molar-refractivity contribution >= 4 is 11.9 Å². The summed E-state index contributed by atoms with van der Waals surface area (Å²) in [5.74, 6) is 9.05. The molecule has 6 atom stereocenters. The highest BCUT2D eigenvalue weighted by Crippen LogP contribution is 2.59. The van der Waals surface area contributed by atoms with Crippen LogP contribution in [0.1, 0.15) is 118 Å². The normalized spacial score (nSPS) is 31.3. The molecule has 5 unspecified atom stereocenters. The van der Waals surface area contributed by atoms with Crippen LogP contribution >= 0.6 is 11.9 Å². The number of hydrogen-bond acceptors (Lipinski definition) is 4. The molecule has 0 saturated heterocycles. The third-order valence-electron chi connectivity index (χ3n) is 10.3. The molecular formula is C33H60N2OS. The number of nitrogens with one attached hydrogen (secondary N) is 1. The van der Waals surface area contributed by atoms with Crippen LogP contribution in [-0.2, 0) is 4.84 Å². The zero-order valence-electron chi connectivity index (χ0n) is 25.6. The van der Waals surface area contributed by atoms with Gasteiger partial charge in [-0.1, -0.05) is 91.3 Å². The summed E-state index contributed by atoms with van der Waals surface area (Å²) >= 11 is 1.84. The Balaban J connectivity index is 0.000000898. The summed E-state index contributed by atoms with van der Waals surface area (Å²) in [6.45, 7) is 17.7. The number of fused-ring (bicyclic) bond motifs is 1. The van der Waals surface area contributed by atoms with Crippen molar-refractivity contribution in [3.05, 3.63) is 29.8 Å². The fourth-order valence-electron chi connectivity index (χ4n) is 8.30. The van der Waals surface area contributed by atoms with Crippen LogP contribution in [0.5, 0.6) is 0 Å². The Morgan fingerprint density at radius 3 is 2.30 bits per heavy atom. The maximum absolute atomic E-state index is 4.35. The van der Waals surface area contributed by atoms with Crippen LogP contribution in [0.3, 0.4) is 0 Å². The molecule has 3 fully saturated rings. The van der Waals surface area contributed by atoms with Crippen molar-refractivity contribution in [2.24, 2.45) is 46.3 Å². The Kier molecular flexibility index (Phi) is 14.0. The third-order valence-corrected chi connectivity index (χ3v) is 11.1. The van der Waals surface area contributed by atoms with E-state index in [1.54, 1.807) is 0 Å². The lowest BCUT2D eigenvalue weighted by Crippen LogP contribution is -2.41. The lowest BCUT2D eigenvalue weighted by atomic mass is 9.57. The van der Waals surface area contributed by atoms with Gasteiger partial charge < -0.3 is 4.84 Å². The minimum absolute atomic E-state index is 0.560. The first-order valence-corrected chi connectivity index (χ1v) is 16.3. The van der Waals surface area contributed by atoms with E-state index in [1.807, 2.05) is 25.8 Å². The van der Waals surface area contributed by atoms with E-state index in [4.69, 9.17) is 0 Å². The van der Waals surface area contributed by atoms with Crippen molar-refractivity contribution in [1.29, 1.82) is 0 Å². The summed E-state index contributed by atoms with van der Waals surface area (Å²) in [6.07, 6.45) is 16.1. The van der Waals surface area contributed by atoms with Crippen LogP contribution in [0.4, 0.5) is 0 Å². The summed E-state index contributed by atoms with van der Waals surface area (Å²) in [6, 6.07) is 8.95. The average Bonchev–Trinajstić information content (AvgIpc) is 3.22. The lowest BCUT2D eigenvalue weighted by molar-refractivity contribution is 0.0136. The van der Waals surface area contributed by atoms with Gasteiger partial charge in [0.15, 0.2) is 0 Å². The van der Waals surface area contributed by atoms with E-state index in [9.17, 15) is 0 Å². The Morgan fingerprint density at radius 1 is 1.00 bits per heavy atom. The molecule has 3 N–H and O–H groups in total. The van der Waals surface area contributed by atoms with Gasteiger partial charge in [-0.15, -0.1) is 0 Å². The van der Waals surface area contributed by atoms with Crippen LogP contribution in [0.15, 0.2) is 29.2 Å². The lowest BCUT2D eigenvalue weighted by Gasteiger charge is -2.49. The standard InChI is InChI=1S/C30H49NS.C2H6.CH5NO/c1-6-23(27-11-7-8-18-29(27,3)4)20-24-10-9-19-30(5)25(14-17-28(24)30)21-31-32-26-15-12-22(2)13-16-26;1-2;1-3-2/h12-13,15-16,23-25,27-28,31H,6-11,14,17-21H2,1-5H3;1-2H3;2H2,1H3/t23-,24?,25?,27?,28?,30?;;/m0../s1. The van der Waals surface area contributed by atoms with Crippen molar-refractivity contribution in [3.8, 4) is 0 Å². The molecule has 0 heterocycles. The highest BCUT2D eigenvalue weighted by molar-refractivity contribution is 7.97. The minimum atomic E-state index is 0.560. The van der Waals surface area contributed by atoms with Gasteiger partial charge in [0, 0.05) is 11.4 Å². The van der Waals surface area contributed by atoms with Gasteiger partial charge in [-0.05, 0) is 110 Å². The van der Waals surface area contributed by atoms with Crippen molar-refractivity contribution in [2.45, 2.75) is 124 Å². The van der Waals surface area contributed by atoms with Crippen LogP contribution < -0.4 is 10.6 Å². The van der Waals surface area contributed by atoms with Gasteiger partial charge in [0.2, 0.25) is 0 Å². The van der Waals surface area contributed by atoms with Crippen molar-refractivity contribution < 1.29 is 4.84 Å². The first kappa shape index (κ1) is 32.7. The van der Waals surface area contributed by atoms with Gasteiger partial charge in [-0.3, -0.25) is 4.72 Å². The first-order valence-electron chi connectivity index (χ1n) is 15.4. The second kappa shape index (κ2) is 15.9. The molecule has 0 radical (unpaired) electrons. The number of hydrogen-bond donors (Lipinski definition) is 2. The molecule has 37 heavy (non-hydrogen) atoms. The van der Waals surface area contributed by atoms with Crippen molar-refractivity contribution in [2.75, 3.05) is 13.7 Å². The molecule has 0 aliphatic heterocycles. The smallest absolute Gasteiger partial charge is 0.0569 e. The molecule has 0 spiro atoms. The zero-order valence-corrected chi connectivity index (χ0v) is 26.4. The molecule has 0 bridgehead atoms. The third kappa shape index (κ3) is 8.72. The average molecular weight is 533 g/mol. The molecule has 3 aliphatic rings. The Morgan fingerprint density at radius 2 is 1.68 bits per heavy atom. The number of aryl methyl sites for hydroxylation is 1. The van der Waals surface area contributed by atoms with Crippen molar-refractivity contribution in [1.82, 2.24) is 4.72 Å². The Labute approximate surface area is 234 Å². The summed E-state index contributed by atoms with van der Waals surface area (Å²) in [4.78, 5) is 5.10. The monoisotopic (exact) mass is 532 g/mol. The summed E-state index contributed by atoms with van der Waals surface area (Å²) in [5, 5.41) is 0. The summed E-state index contributed by atoms with van der Waals surface area (Å²) < 4.78 is 3.77. The highest BCUT2D eigenvalue weighted by atomic mass is 32.2. The molecule has 1 aromatic rings. The molecule has 214 valence electrons. The minimum Gasteiger partial charge on any atom is -0.308 e. The molecule has 1 aromatic carbocycles. The van der Waals surface area contributed by atoms with E-state index >= 15 is 0 Å². The van der Waals surface area contributed by atoms with Gasteiger partial charge in [-0.2, -0.15) is 0 Å². The van der Waals surface area contributed by atoms with Crippen LogP contribution in [0.2, 0.25) is 0 Å². The van der Waals surface area contributed by atoms with E-state index in [2.05, 4.69) is 74.3 Å². The fraction of sp³-hybridized carbons (Fsp3) is 0.818. The van der Waals surface area contributed by atoms with Gasteiger partial charge in [0.1, 0.15) is 0 Å². The largest absolute Gasteiger partial charge is 0.308 e. The predicted octanol–water partition coefficient (Wildman–Crippen LogP) is 9.59. The molecule has 3 nitrogen and oxygen atoms in total. The summed E-state index contributed by atoms with van der Waals surface area (Å²) in [5.41, 5.74) is 2.46. The van der Waals surface area contributed by atoms with Crippen molar-refractivity contribution in [3.63, 3.8) is 0 Å². The molecule has 4 heteroatoms. The molecule has 0 aromatic heterocycles. The number of benzene rings is 1. The number of rotatable bonds is 8. The van der Waals surface area contributed by atoms with Crippen LogP contribution in [0.25, 0.3) is 0 Å². The Bertz CT molecular complexity index is 751. The maximum atomic E-state index is 4.35. The van der Waals surface area contributed by atoms with Gasteiger partial charge in [0.05, 0.1) is 7.11 Å². The van der Waals surface area contributed by atoms with E-state index < -0.39 is 0 Å². The van der Waals surface area contributed by atoms with Gasteiger partial charge >= 0.3 is 0 Å². The Hall–Kier alpha value is -0.550. The zero-order chi connectivity index (χ0) is 27.5. The second-order valence-corrected chi connectivity index (χ2v) is 13.7. The highest BCUT2D eigenvalue weighted by Gasteiger charge is 2.51. The molecule has 3 saturated carbocycles. The molecule has 4 rings (SSSR count). The quantitative estimate of drug-likeness (QED) is 0.258.